The molecular formula is C33H39N7O. The smallest absolute Gasteiger partial charge is 0.225 e. The molecule has 0 bridgehead atoms. The first-order chi connectivity index (χ1) is 20.1. The van der Waals surface area contributed by atoms with Crippen LogP contribution in [-0.2, 0) is 6.42 Å². The molecule has 4 aromatic rings. The highest BCUT2D eigenvalue weighted by atomic mass is 16.3. The van der Waals surface area contributed by atoms with Crippen LogP contribution in [0.5, 0.6) is 0 Å². The molecule has 41 heavy (non-hydrogen) atoms. The molecule has 5 heterocycles. The first-order valence-corrected chi connectivity index (χ1v) is 15.5. The zero-order valence-electron chi connectivity index (χ0n) is 23.9. The minimum Gasteiger partial charge on any atom is -0.394 e. The average Bonchev–Trinajstić information content (AvgIpc) is 3.34. The summed E-state index contributed by atoms with van der Waals surface area (Å²) in [6, 6.07) is 10.9. The Morgan fingerprint density at radius 3 is 2.51 bits per heavy atom. The van der Waals surface area contributed by atoms with E-state index in [1.54, 1.807) is 0 Å². The lowest BCUT2D eigenvalue weighted by molar-refractivity contribution is -0.0611. The molecule has 0 radical (unpaired) electrons. The van der Waals surface area contributed by atoms with Gasteiger partial charge in [0.25, 0.3) is 0 Å². The molecule has 8 nitrogen and oxygen atoms in total. The molecule has 3 aromatic heterocycles. The fourth-order valence-electron chi connectivity index (χ4n) is 8.18. The SMILES string of the molecule is Cc1ccccc1-c1cc2c3c([nH]c2nn1)CCN(c1ncc(C2CCN(C4CC5(CCC5)C4)CC2)cn1)C3CO. The predicted molar refractivity (Wildman–Crippen MR) is 160 cm³/mol. The number of fused-ring (bicyclic) bond motifs is 3. The molecule has 1 unspecified atom stereocenters. The fourth-order valence-corrected chi connectivity index (χ4v) is 8.18. The van der Waals surface area contributed by atoms with Crippen LogP contribution in [0.25, 0.3) is 22.3 Å². The largest absolute Gasteiger partial charge is 0.394 e. The molecule has 8 heteroatoms. The van der Waals surface area contributed by atoms with Gasteiger partial charge in [-0.25, -0.2) is 9.97 Å². The topological polar surface area (TPSA) is 94.1 Å². The van der Waals surface area contributed by atoms with E-state index in [2.05, 4.69) is 50.1 Å². The molecule has 212 valence electrons. The molecular weight excluding hydrogens is 510 g/mol. The monoisotopic (exact) mass is 549 g/mol. The standard InChI is InChI=1S/C33H39N7O/c1-21-5-2-3-6-25(21)28-15-26-30-27(36-31(26)38-37-28)9-14-40(29(30)20-41)32-34-18-23(19-35-32)22-7-12-39(13-8-22)24-16-33(17-24)10-4-11-33/h2-3,5-6,15,18-19,22,24,29,41H,4,7-14,16-17,20H2,1H3,(H,36,38). The molecule has 0 amide bonds. The summed E-state index contributed by atoms with van der Waals surface area (Å²) in [5.74, 6) is 1.22. The minimum atomic E-state index is -0.239. The fraction of sp³-hybridized carbons (Fsp3) is 0.515. The van der Waals surface area contributed by atoms with Gasteiger partial charge in [-0.1, -0.05) is 30.7 Å². The summed E-state index contributed by atoms with van der Waals surface area (Å²) < 4.78 is 0. The van der Waals surface area contributed by atoms with E-state index in [1.807, 2.05) is 24.5 Å². The Morgan fingerprint density at radius 1 is 1.02 bits per heavy atom. The van der Waals surface area contributed by atoms with Gasteiger partial charge >= 0.3 is 0 Å². The van der Waals surface area contributed by atoms with Gasteiger partial charge in [-0.2, -0.15) is 0 Å². The Kier molecular flexibility index (Phi) is 6.11. The molecule has 2 N–H and O–H groups in total. The maximum Gasteiger partial charge on any atom is 0.225 e. The van der Waals surface area contributed by atoms with Crippen LogP contribution in [0.3, 0.4) is 0 Å². The molecule has 2 saturated carbocycles. The number of hydrogen-bond acceptors (Lipinski definition) is 7. The number of benzene rings is 1. The number of hydrogen-bond donors (Lipinski definition) is 2. The third kappa shape index (κ3) is 4.26. The van der Waals surface area contributed by atoms with Crippen molar-refractivity contribution in [1.29, 1.82) is 0 Å². The summed E-state index contributed by atoms with van der Waals surface area (Å²) in [7, 11) is 0. The first-order valence-electron chi connectivity index (χ1n) is 15.5. The van der Waals surface area contributed by atoms with Crippen LogP contribution in [0.2, 0.25) is 0 Å². The van der Waals surface area contributed by atoms with E-state index in [-0.39, 0.29) is 12.6 Å². The second-order valence-electron chi connectivity index (χ2n) is 13.0. The summed E-state index contributed by atoms with van der Waals surface area (Å²) in [5.41, 5.74) is 8.04. The highest BCUT2D eigenvalue weighted by Gasteiger charge is 2.50. The van der Waals surface area contributed by atoms with Gasteiger partial charge < -0.3 is 19.9 Å². The highest BCUT2D eigenvalue weighted by molar-refractivity contribution is 5.86. The van der Waals surface area contributed by atoms with Gasteiger partial charge in [-0.15, -0.1) is 10.2 Å². The summed E-state index contributed by atoms with van der Waals surface area (Å²) in [6.07, 6.45) is 14.6. The number of nitrogens with one attached hydrogen (secondary N) is 1. The van der Waals surface area contributed by atoms with Crippen molar-refractivity contribution >= 4 is 17.0 Å². The second-order valence-corrected chi connectivity index (χ2v) is 13.0. The number of aromatic amines is 1. The third-order valence-corrected chi connectivity index (χ3v) is 10.8. The van der Waals surface area contributed by atoms with Crippen molar-refractivity contribution < 1.29 is 5.11 Å². The number of aliphatic hydroxyl groups is 1. The number of aryl methyl sites for hydroxylation is 1. The van der Waals surface area contributed by atoms with E-state index in [1.165, 1.54) is 63.6 Å². The van der Waals surface area contributed by atoms with Gasteiger partial charge in [0.15, 0.2) is 5.65 Å². The lowest BCUT2D eigenvalue weighted by atomic mass is 9.53. The zero-order chi connectivity index (χ0) is 27.6. The molecule has 8 rings (SSSR count). The van der Waals surface area contributed by atoms with Gasteiger partial charge in [-0.05, 0) is 87.1 Å². The summed E-state index contributed by atoms with van der Waals surface area (Å²) in [5, 5.41) is 20.7. The minimum absolute atomic E-state index is 0.0198. The van der Waals surface area contributed by atoms with Gasteiger partial charge in [0.1, 0.15) is 0 Å². The van der Waals surface area contributed by atoms with Crippen molar-refractivity contribution in [3.8, 4) is 11.3 Å². The molecule has 1 saturated heterocycles. The maximum atomic E-state index is 10.6. The molecule has 1 aromatic carbocycles. The molecule has 1 spiro atoms. The normalized spacial score (nSPS) is 23.0. The van der Waals surface area contributed by atoms with Gasteiger partial charge in [0.05, 0.1) is 18.3 Å². The summed E-state index contributed by atoms with van der Waals surface area (Å²) in [6.45, 7) is 5.21. The summed E-state index contributed by atoms with van der Waals surface area (Å²) in [4.78, 5) is 18.1. The van der Waals surface area contributed by atoms with E-state index < -0.39 is 0 Å². The lowest BCUT2D eigenvalue weighted by Crippen LogP contribution is -2.55. The van der Waals surface area contributed by atoms with Crippen LogP contribution in [0.4, 0.5) is 5.95 Å². The lowest BCUT2D eigenvalue weighted by Gasteiger charge is -2.58. The molecule has 2 aliphatic heterocycles. The van der Waals surface area contributed by atoms with Crippen LogP contribution in [0, 0.1) is 12.3 Å². The number of aliphatic hydroxyl groups excluding tert-OH is 1. The van der Waals surface area contributed by atoms with Crippen LogP contribution in [0.15, 0.2) is 42.7 Å². The molecule has 2 aliphatic carbocycles. The highest BCUT2D eigenvalue weighted by Crippen LogP contribution is 2.57. The number of aromatic nitrogens is 5. The molecule has 1 atom stereocenters. The van der Waals surface area contributed by atoms with Crippen molar-refractivity contribution in [3.05, 3.63) is 65.1 Å². The van der Waals surface area contributed by atoms with E-state index in [4.69, 9.17) is 9.97 Å². The number of nitrogens with zero attached hydrogens (tertiary/aromatic N) is 6. The van der Waals surface area contributed by atoms with Crippen LogP contribution in [-0.4, -0.2) is 67.4 Å². The van der Waals surface area contributed by atoms with Crippen molar-refractivity contribution in [2.45, 2.75) is 76.3 Å². The van der Waals surface area contributed by atoms with Crippen molar-refractivity contribution in [3.63, 3.8) is 0 Å². The number of rotatable bonds is 5. The van der Waals surface area contributed by atoms with E-state index in [0.29, 0.717) is 11.9 Å². The zero-order valence-corrected chi connectivity index (χ0v) is 23.9. The average molecular weight is 550 g/mol. The Morgan fingerprint density at radius 2 is 1.80 bits per heavy atom. The number of H-pyrrole nitrogens is 1. The summed E-state index contributed by atoms with van der Waals surface area (Å²) >= 11 is 0. The van der Waals surface area contributed by atoms with Gasteiger partial charge in [0, 0.05) is 53.6 Å². The number of piperidine rings is 1. The molecule has 3 fully saturated rings. The number of anilines is 1. The van der Waals surface area contributed by atoms with Crippen molar-refractivity contribution in [2.24, 2.45) is 5.41 Å². The van der Waals surface area contributed by atoms with Crippen molar-refractivity contribution in [1.82, 2.24) is 30.0 Å². The van der Waals surface area contributed by atoms with E-state index >= 15 is 0 Å². The van der Waals surface area contributed by atoms with Gasteiger partial charge in [-0.3, -0.25) is 0 Å². The predicted octanol–water partition coefficient (Wildman–Crippen LogP) is 5.33. The molecule has 4 aliphatic rings. The van der Waals surface area contributed by atoms with E-state index in [0.717, 1.165) is 63.5 Å². The third-order valence-electron chi connectivity index (χ3n) is 10.8. The van der Waals surface area contributed by atoms with Crippen molar-refractivity contribution in [2.75, 3.05) is 31.1 Å². The quantitative estimate of drug-likeness (QED) is 0.347. The van der Waals surface area contributed by atoms with E-state index in [9.17, 15) is 5.11 Å². The number of likely N-dealkylation sites (tertiary alicyclic amines) is 1. The van der Waals surface area contributed by atoms with Crippen LogP contribution < -0.4 is 4.90 Å². The van der Waals surface area contributed by atoms with Crippen LogP contribution >= 0.6 is 0 Å². The van der Waals surface area contributed by atoms with Gasteiger partial charge in [0.2, 0.25) is 5.95 Å². The maximum absolute atomic E-state index is 10.6. The Hall–Kier alpha value is -3.36. The Balaban J connectivity index is 0.998. The first kappa shape index (κ1) is 25.4. The second kappa shape index (κ2) is 9.88. The Labute approximate surface area is 241 Å². The van der Waals surface area contributed by atoms with Crippen LogP contribution in [0.1, 0.15) is 79.3 Å². The Bertz CT molecular complexity index is 1560.